The Bertz CT molecular complexity index is 585. The summed E-state index contributed by atoms with van der Waals surface area (Å²) in [4.78, 5) is 18.4. The van der Waals surface area contributed by atoms with Crippen molar-refractivity contribution in [3.63, 3.8) is 0 Å². The first-order valence-corrected chi connectivity index (χ1v) is 7.34. The van der Waals surface area contributed by atoms with Gasteiger partial charge >= 0.3 is 0 Å². The van der Waals surface area contributed by atoms with E-state index in [0.717, 1.165) is 13.0 Å². The van der Waals surface area contributed by atoms with E-state index in [1.165, 1.54) is 12.1 Å². The fraction of sp³-hybridized carbons (Fsp3) is 0.294. The lowest BCUT2D eigenvalue weighted by Gasteiger charge is -2.27. The van der Waals surface area contributed by atoms with Gasteiger partial charge in [0.25, 0.3) is 5.91 Å². The predicted molar refractivity (Wildman–Crippen MR) is 83.4 cm³/mol. The largest absolute Gasteiger partial charge is 0.367 e. The Labute approximate surface area is 124 Å². The molecule has 1 aromatic heterocycles. The van der Waals surface area contributed by atoms with Gasteiger partial charge < -0.3 is 10.2 Å². The predicted octanol–water partition coefficient (Wildman–Crippen LogP) is 2.48. The average molecular weight is 281 g/mol. The molecule has 0 spiro atoms. The van der Waals surface area contributed by atoms with E-state index in [1.807, 2.05) is 6.07 Å². The first-order chi connectivity index (χ1) is 10.3. The molecule has 1 atom stereocenters. The zero-order valence-electron chi connectivity index (χ0n) is 11.9. The standard InChI is InChI=1S/C17H19N3O/c21-17(14-6-4-10-18-12-14)19-13-16-9-5-11-20(16)15-7-2-1-3-8-15/h1-4,6-8,10,12,16H,5,9,11,13H2,(H,19,21)/t16-/m0/s1. The average Bonchev–Trinajstić information content (AvgIpc) is 3.03. The van der Waals surface area contributed by atoms with Gasteiger partial charge in [-0.2, -0.15) is 0 Å². The Hall–Kier alpha value is -2.36. The molecule has 1 aliphatic rings. The summed E-state index contributed by atoms with van der Waals surface area (Å²) in [5.74, 6) is -0.0528. The maximum atomic E-state index is 12.1. The zero-order valence-corrected chi connectivity index (χ0v) is 11.9. The molecule has 1 fully saturated rings. The van der Waals surface area contributed by atoms with E-state index >= 15 is 0 Å². The zero-order chi connectivity index (χ0) is 14.5. The van der Waals surface area contributed by atoms with E-state index in [-0.39, 0.29) is 5.91 Å². The maximum absolute atomic E-state index is 12.1. The fourth-order valence-electron chi connectivity index (χ4n) is 2.82. The third kappa shape index (κ3) is 3.21. The van der Waals surface area contributed by atoms with Crippen LogP contribution in [0.4, 0.5) is 5.69 Å². The number of hydrogen-bond donors (Lipinski definition) is 1. The van der Waals surface area contributed by atoms with Gasteiger partial charge in [-0.15, -0.1) is 0 Å². The van der Waals surface area contributed by atoms with Gasteiger partial charge in [0.2, 0.25) is 0 Å². The quantitative estimate of drug-likeness (QED) is 0.936. The molecule has 1 aliphatic heterocycles. The van der Waals surface area contributed by atoms with Crippen molar-refractivity contribution >= 4 is 11.6 Å². The minimum absolute atomic E-state index is 0.0528. The minimum atomic E-state index is -0.0528. The summed E-state index contributed by atoms with van der Waals surface area (Å²) in [7, 11) is 0. The van der Waals surface area contributed by atoms with Crippen LogP contribution < -0.4 is 10.2 Å². The van der Waals surface area contributed by atoms with Crippen LogP contribution in [0.15, 0.2) is 54.9 Å². The van der Waals surface area contributed by atoms with Crippen molar-refractivity contribution in [3.05, 3.63) is 60.4 Å². The summed E-state index contributed by atoms with van der Waals surface area (Å²) in [6.45, 7) is 1.72. The van der Waals surface area contributed by atoms with Crippen molar-refractivity contribution < 1.29 is 4.79 Å². The van der Waals surface area contributed by atoms with Crippen LogP contribution in [0.25, 0.3) is 0 Å². The normalized spacial score (nSPS) is 17.7. The number of carbonyl (C=O) groups excluding carboxylic acids is 1. The number of carbonyl (C=O) groups is 1. The van der Waals surface area contributed by atoms with Crippen molar-refractivity contribution in [1.82, 2.24) is 10.3 Å². The van der Waals surface area contributed by atoms with Crippen LogP contribution >= 0.6 is 0 Å². The summed E-state index contributed by atoms with van der Waals surface area (Å²) < 4.78 is 0. The molecule has 2 aromatic rings. The lowest BCUT2D eigenvalue weighted by Crippen LogP contribution is -2.40. The topological polar surface area (TPSA) is 45.2 Å². The van der Waals surface area contributed by atoms with Gasteiger partial charge in [0, 0.05) is 37.2 Å². The lowest BCUT2D eigenvalue weighted by molar-refractivity contribution is 0.0951. The number of pyridine rings is 1. The van der Waals surface area contributed by atoms with Crippen LogP contribution in [0.5, 0.6) is 0 Å². The number of anilines is 1. The molecule has 0 bridgehead atoms. The van der Waals surface area contributed by atoms with Gasteiger partial charge in [-0.05, 0) is 37.1 Å². The molecule has 0 saturated carbocycles. The Kier molecular flexibility index (Phi) is 4.15. The molecule has 1 amide bonds. The highest BCUT2D eigenvalue weighted by molar-refractivity contribution is 5.93. The van der Waals surface area contributed by atoms with Crippen LogP contribution in [0.2, 0.25) is 0 Å². The lowest BCUT2D eigenvalue weighted by atomic mass is 10.2. The van der Waals surface area contributed by atoms with Crippen LogP contribution in [0.1, 0.15) is 23.2 Å². The molecule has 0 radical (unpaired) electrons. The van der Waals surface area contributed by atoms with Crippen molar-refractivity contribution in [2.24, 2.45) is 0 Å². The third-order valence-electron chi connectivity index (χ3n) is 3.89. The van der Waals surface area contributed by atoms with Crippen molar-refractivity contribution in [3.8, 4) is 0 Å². The highest BCUT2D eigenvalue weighted by atomic mass is 16.1. The smallest absolute Gasteiger partial charge is 0.252 e. The Balaban J connectivity index is 1.61. The van der Waals surface area contributed by atoms with Crippen molar-refractivity contribution in [2.45, 2.75) is 18.9 Å². The first-order valence-electron chi connectivity index (χ1n) is 7.34. The Morgan fingerprint density at radius 1 is 1.24 bits per heavy atom. The second-order valence-electron chi connectivity index (χ2n) is 5.28. The van der Waals surface area contributed by atoms with Gasteiger partial charge in [-0.3, -0.25) is 9.78 Å². The first kappa shape index (κ1) is 13.6. The van der Waals surface area contributed by atoms with Gasteiger partial charge in [-0.25, -0.2) is 0 Å². The number of rotatable bonds is 4. The van der Waals surface area contributed by atoms with Crippen LogP contribution in [0.3, 0.4) is 0 Å². The van der Waals surface area contributed by atoms with Gasteiger partial charge in [0.05, 0.1) is 5.56 Å². The summed E-state index contributed by atoms with van der Waals surface area (Å²) in [6.07, 6.45) is 5.55. The summed E-state index contributed by atoms with van der Waals surface area (Å²) in [5.41, 5.74) is 1.84. The van der Waals surface area contributed by atoms with Gasteiger partial charge in [0.15, 0.2) is 0 Å². The van der Waals surface area contributed by atoms with E-state index in [4.69, 9.17) is 0 Å². The highest BCUT2D eigenvalue weighted by Crippen LogP contribution is 2.24. The van der Waals surface area contributed by atoms with Crippen LogP contribution in [0, 0.1) is 0 Å². The molecule has 0 unspecified atom stereocenters. The second kappa shape index (κ2) is 6.39. The number of nitrogens with one attached hydrogen (secondary N) is 1. The maximum Gasteiger partial charge on any atom is 0.252 e. The molecular formula is C17H19N3O. The highest BCUT2D eigenvalue weighted by Gasteiger charge is 2.25. The van der Waals surface area contributed by atoms with Crippen molar-refractivity contribution in [2.75, 3.05) is 18.0 Å². The van der Waals surface area contributed by atoms with E-state index in [1.54, 1.807) is 24.5 Å². The molecule has 1 N–H and O–H groups in total. The minimum Gasteiger partial charge on any atom is -0.367 e. The number of benzene rings is 1. The Morgan fingerprint density at radius 2 is 2.10 bits per heavy atom. The van der Waals surface area contributed by atoms with E-state index in [9.17, 15) is 4.79 Å². The van der Waals surface area contributed by atoms with E-state index in [0.29, 0.717) is 18.2 Å². The van der Waals surface area contributed by atoms with E-state index in [2.05, 4.69) is 39.5 Å². The SMILES string of the molecule is O=C(NC[C@@H]1CCCN1c1ccccc1)c1cccnc1. The van der Waals surface area contributed by atoms with Crippen molar-refractivity contribution in [1.29, 1.82) is 0 Å². The molecule has 0 aliphatic carbocycles. The van der Waals surface area contributed by atoms with Gasteiger partial charge in [0.1, 0.15) is 0 Å². The van der Waals surface area contributed by atoms with Crippen LogP contribution in [-0.4, -0.2) is 30.0 Å². The molecule has 1 aromatic carbocycles. The summed E-state index contributed by atoms with van der Waals surface area (Å²) >= 11 is 0. The van der Waals surface area contributed by atoms with E-state index < -0.39 is 0 Å². The molecule has 4 heteroatoms. The monoisotopic (exact) mass is 281 g/mol. The molecule has 3 rings (SSSR count). The molecule has 1 saturated heterocycles. The van der Waals surface area contributed by atoms with Crippen LogP contribution in [-0.2, 0) is 0 Å². The number of amides is 1. The second-order valence-corrected chi connectivity index (χ2v) is 5.28. The summed E-state index contributed by atoms with van der Waals surface area (Å²) in [6, 6.07) is 14.3. The molecule has 21 heavy (non-hydrogen) atoms. The summed E-state index contributed by atoms with van der Waals surface area (Å²) in [5, 5.41) is 3.02. The van der Waals surface area contributed by atoms with Gasteiger partial charge in [-0.1, -0.05) is 18.2 Å². The molecular weight excluding hydrogens is 262 g/mol. The Morgan fingerprint density at radius 3 is 2.86 bits per heavy atom. The number of hydrogen-bond acceptors (Lipinski definition) is 3. The number of nitrogens with zero attached hydrogens (tertiary/aromatic N) is 2. The molecule has 2 heterocycles. The third-order valence-corrected chi connectivity index (χ3v) is 3.89. The fourth-order valence-corrected chi connectivity index (χ4v) is 2.82. The number of aromatic nitrogens is 1. The molecule has 108 valence electrons. The number of para-hydroxylation sites is 1. The molecule has 4 nitrogen and oxygen atoms in total.